The minimum absolute atomic E-state index is 0.0595. The Labute approximate surface area is 129 Å². The third-order valence-electron chi connectivity index (χ3n) is 3.17. The van der Waals surface area contributed by atoms with Gasteiger partial charge in [-0.3, -0.25) is 4.79 Å². The Morgan fingerprint density at radius 3 is 2.64 bits per heavy atom. The molecule has 1 aromatic heterocycles. The zero-order valence-corrected chi connectivity index (χ0v) is 13.3. The number of rotatable bonds is 6. The summed E-state index contributed by atoms with van der Waals surface area (Å²) in [6.07, 6.45) is -0.111. The number of carbonyl (C=O) groups is 1. The van der Waals surface area contributed by atoms with E-state index in [9.17, 15) is 13.2 Å². The van der Waals surface area contributed by atoms with Gasteiger partial charge in [0.25, 0.3) is 0 Å². The quantitative estimate of drug-likeness (QED) is 0.881. The number of sulfone groups is 1. The largest absolute Gasteiger partial charge is 0.360 e. The van der Waals surface area contributed by atoms with Gasteiger partial charge in [0.1, 0.15) is 5.76 Å². The Balaban J connectivity index is 1.89. The van der Waals surface area contributed by atoms with Gasteiger partial charge in [0.2, 0.25) is 5.91 Å². The zero-order valence-electron chi connectivity index (χ0n) is 12.5. The van der Waals surface area contributed by atoms with E-state index in [4.69, 9.17) is 4.52 Å². The Bertz CT molecular complexity index is 765. The fourth-order valence-electron chi connectivity index (χ4n) is 1.96. The van der Waals surface area contributed by atoms with Crippen molar-refractivity contribution in [3.05, 3.63) is 47.2 Å². The summed E-state index contributed by atoms with van der Waals surface area (Å²) >= 11 is 0. The van der Waals surface area contributed by atoms with Gasteiger partial charge in [-0.2, -0.15) is 0 Å². The summed E-state index contributed by atoms with van der Waals surface area (Å²) in [5.41, 5.74) is 1.68. The third kappa shape index (κ3) is 4.70. The second-order valence-corrected chi connectivity index (χ2v) is 7.32. The Hall–Kier alpha value is -2.15. The molecule has 7 heteroatoms. The molecule has 0 aliphatic carbocycles. The molecule has 22 heavy (non-hydrogen) atoms. The standard InChI is InChI=1S/C15H18N2O4S/c1-11-5-3-4-6-13(11)10-22(19,20)8-7-15(18)16-14-9-12(2)21-17-14/h3-6,9H,7-8,10H2,1-2H3,(H,16,17,18). The van der Waals surface area contributed by atoms with Crippen molar-refractivity contribution in [2.75, 3.05) is 11.1 Å². The van der Waals surface area contributed by atoms with Crippen molar-refractivity contribution in [3.8, 4) is 0 Å². The number of carbonyl (C=O) groups excluding carboxylic acids is 1. The molecule has 1 aromatic carbocycles. The minimum atomic E-state index is -3.34. The molecule has 1 heterocycles. The summed E-state index contributed by atoms with van der Waals surface area (Å²) < 4.78 is 29.0. The van der Waals surface area contributed by atoms with E-state index >= 15 is 0 Å². The number of hydrogen-bond donors (Lipinski definition) is 1. The van der Waals surface area contributed by atoms with E-state index in [0.29, 0.717) is 11.6 Å². The van der Waals surface area contributed by atoms with E-state index in [2.05, 4.69) is 10.5 Å². The van der Waals surface area contributed by atoms with Crippen LogP contribution in [0.1, 0.15) is 23.3 Å². The van der Waals surface area contributed by atoms with Crippen molar-refractivity contribution in [2.24, 2.45) is 0 Å². The minimum Gasteiger partial charge on any atom is -0.360 e. The molecule has 0 aliphatic heterocycles. The van der Waals surface area contributed by atoms with Crippen molar-refractivity contribution >= 4 is 21.6 Å². The number of aromatic nitrogens is 1. The van der Waals surface area contributed by atoms with Crippen LogP contribution in [0.25, 0.3) is 0 Å². The molecule has 0 fully saturated rings. The maximum absolute atomic E-state index is 12.1. The fraction of sp³-hybridized carbons (Fsp3) is 0.333. The van der Waals surface area contributed by atoms with Gasteiger partial charge in [-0.1, -0.05) is 29.4 Å². The molecule has 0 atom stereocenters. The van der Waals surface area contributed by atoms with Crippen LogP contribution >= 0.6 is 0 Å². The lowest BCUT2D eigenvalue weighted by atomic mass is 10.1. The maximum atomic E-state index is 12.1. The average molecular weight is 322 g/mol. The van der Waals surface area contributed by atoms with Crippen LogP contribution in [0.5, 0.6) is 0 Å². The first-order valence-electron chi connectivity index (χ1n) is 6.84. The molecule has 118 valence electrons. The number of aryl methyl sites for hydroxylation is 2. The van der Waals surface area contributed by atoms with E-state index in [0.717, 1.165) is 11.1 Å². The number of benzene rings is 1. The van der Waals surface area contributed by atoms with Crippen LogP contribution in [0.3, 0.4) is 0 Å². The molecule has 2 rings (SSSR count). The molecule has 2 aromatic rings. The highest BCUT2D eigenvalue weighted by molar-refractivity contribution is 7.90. The topological polar surface area (TPSA) is 89.3 Å². The summed E-state index contributed by atoms with van der Waals surface area (Å²) in [7, 11) is -3.34. The van der Waals surface area contributed by atoms with Gasteiger partial charge >= 0.3 is 0 Å². The summed E-state index contributed by atoms with van der Waals surface area (Å²) in [5, 5.41) is 6.13. The molecule has 0 radical (unpaired) electrons. The summed E-state index contributed by atoms with van der Waals surface area (Å²) in [6, 6.07) is 8.88. The van der Waals surface area contributed by atoms with Crippen LogP contribution in [0, 0.1) is 13.8 Å². The third-order valence-corrected chi connectivity index (χ3v) is 4.75. The number of hydrogen-bond acceptors (Lipinski definition) is 5. The first kappa shape index (κ1) is 16.2. The zero-order chi connectivity index (χ0) is 16.2. The van der Waals surface area contributed by atoms with E-state index in [-0.39, 0.29) is 17.9 Å². The van der Waals surface area contributed by atoms with Crippen molar-refractivity contribution in [1.29, 1.82) is 0 Å². The first-order valence-corrected chi connectivity index (χ1v) is 8.66. The molecule has 1 amide bonds. The maximum Gasteiger partial charge on any atom is 0.226 e. The van der Waals surface area contributed by atoms with Gasteiger partial charge < -0.3 is 9.84 Å². The molecular formula is C15H18N2O4S. The molecule has 0 aliphatic rings. The second kappa shape index (κ2) is 6.74. The lowest BCUT2D eigenvalue weighted by Crippen LogP contribution is -2.18. The highest BCUT2D eigenvalue weighted by atomic mass is 32.2. The molecule has 6 nitrogen and oxygen atoms in total. The normalized spacial score (nSPS) is 11.4. The number of amides is 1. The van der Waals surface area contributed by atoms with E-state index in [1.165, 1.54) is 0 Å². The van der Waals surface area contributed by atoms with Gasteiger partial charge in [-0.15, -0.1) is 0 Å². The molecule has 0 unspecified atom stereocenters. The number of nitrogens with zero attached hydrogens (tertiary/aromatic N) is 1. The lowest BCUT2D eigenvalue weighted by Gasteiger charge is -2.07. The van der Waals surface area contributed by atoms with E-state index < -0.39 is 15.7 Å². The van der Waals surface area contributed by atoms with Crippen molar-refractivity contribution < 1.29 is 17.7 Å². The molecule has 0 spiro atoms. The smallest absolute Gasteiger partial charge is 0.226 e. The van der Waals surface area contributed by atoms with Gasteiger partial charge in [0, 0.05) is 12.5 Å². The average Bonchev–Trinajstić information content (AvgIpc) is 2.84. The second-order valence-electron chi connectivity index (χ2n) is 5.14. The summed E-state index contributed by atoms with van der Waals surface area (Å²) in [4.78, 5) is 11.7. The van der Waals surface area contributed by atoms with Crippen LogP contribution in [-0.4, -0.2) is 25.2 Å². The van der Waals surface area contributed by atoms with Crippen LogP contribution < -0.4 is 5.32 Å². The highest BCUT2D eigenvalue weighted by Crippen LogP contribution is 2.13. The van der Waals surface area contributed by atoms with Crippen molar-refractivity contribution in [1.82, 2.24) is 5.16 Å². The molecule has 1 N–H and O–H groups in total. The van der Waals surface area contributed by atoms with Gasteiger partial charge in [-0.25, -0.2) is 8.42 Å². The lowest BCUT2D eigenvalue weighted by molar-refractivity contribution is -0.115. The van der Waals surface area contributed by atoms with E-state index in [1.807, 2.05) is 19.1 Å². The molecular weight excluding hydrogens is 304 g/mol. The van der Waals surface area contributed by atoms with Crippen molar-refractivity contribution in [3.63, 3.8) is 0 Å². The Morgan fingerprint density at radius 1 is 1.27 bits per heavy atom. The van der Waals surface area contributed by atoms with Crippen LogP contribution in [0.15, 0.2) is 34.9 Å². The van der Waals surface area contributed by atoms with Crippen LogP contribution in [0.2, 0.25) is 0 Å². The van der Waals surface area contributed by atoms with Gasteiger partial charge in [0.15, 0.2) is 15.7 Å². The molecule has 0 saturated heterocycles. The Morgan fingerprint density at radius 2 is 2.00 bits per heavy atom. The van der Waals surface area contributed by atoms with Gasteiger partial charge in [-0.05, 0) is 25.0 Å². The molecule has 0 saturated carbocycles. The van der Waals surface area contributed by atoms with Gasteiger partial charge in [0.05, 0.1) is 11.5 Å². The number of anilines is 1. The summed E-state index contributed by atoms with van der Waals surface area (Å²) in [5.74, 6) is 0.197. The molecule has 0 bridgehead atoms. The predicted octanol–water partition coefficient (Wildman–Crippen LogP) is 2.24. The fourth-order valence-corrected chi connectivity index (χ4v) is 3.40. The summed E-state index contributed by atoms with van der Waals surface area (Å²) in [6.45, 7) is 3.57. The van der Waals surface area contributed by atoms with Crippen LogP contribution in [0.4, 0.5) is 5.82 Å². The number of nitrogens with one attached hydrogen (secondary N) is 1. The monoisotopic (exact) mass is 322 g/mol. The predicted molar refractivity (Wildman–Crippen MR) is 83.2 cm³/mol. The Kier molecular flexibility index (Phi) is 4.97. The van der Waals surface area contributed by atoms with Crippen molar-refractivity contribution in [2.45, 2.75) is 26.0 Å². The highest BCUT2D eigenvalue weighted by Gasteiger charge is 2.16. The van der Waals surface area contributed by atoms with E-state index in [1.54, 1.807) is 25.1 Å². The first-order chi connectivity index (χ1) is 10.4. The van der Waals surface area contributed by atoms with Crippen LogP contribution in [-0.2, 0) is 20.4 Å². The SMILES string of the molecule is Cc1cc(NC(=O)CCS(=O)(=O)Cc2ccccc2C)no1.